The molecule has 1 heterocycles. The topological polar surface area (TPSA) is 18.5 Å². The Morgan fingerprint density at radius 1 is 0.783 bits per heavy atom. The Balaban J connectivity index is 2.32. The van der Waals surface area contributed by atoms with Crippen LogP contribution in [0.2, 0.25) is 0 Å². The maximum absolute atomic E-state index is 8.88. The van der Waals surface area contributed by atoms with E-state index in [1.54, 1.807) is 27.7 Å². The van der Waals surface area contributed by atoms with Gasteiger partial charge in [-0.3, -0.25) is 0 Å². The van der Waals surface area contributed by atoms with Crippen LogP contribution >= 0.6 is 0 Å². The molecule has 0 spiro atoms. The molecular weight excluding hydrogens is 283 g/mol. The molecule has 0 radical (unpaired) electrons. The van der Waals surface area contributed by atoms with E-state index in [0.29, 0.717) is 0 Å². The van der Waals surface area contributed by atoms with Gasteiger partial charge in [0.25, 0.3) is 0 Å². The molecule has 3 heteroatoms. The third-order valence-electron chi connectivity index (χ3n) is 4.64. The number of hydrogen-bond acceptors (Lipinski definition) is 2. The summed E-state index contributed by atoms with van der Waals surface area (Å²) >= 11 is 0. The summed E-state index contributed by atoms with van der Waals surface area (Å²) < 4.78 is 87.3. The molecule has 1 saturated heterocycles. The lowest BCUT2D eigenvalue weighted by Crippen LogP contribution is -2.41. The first-order chi connectivity index (χ1) is 14.6. The molecule has 0 unspecified atom stereocenters. The predicted octanol–water partition coefficient (Wildman–Crippen LogP) is 4.29. The van der Waals surface area contributed by atoms with Crippen LogP contribution in [0.5, 0.6) is 0 Å². The minimum atomic E-state index is -1.17. The molecule has 3 aromatic rings. The second kappa shape index (κ2) is 4.83. The zero-order chi connectivity index (χ0) is 24.1. The molecule has 0 amide bonds. The molecule has 0 atom stereocenters. The van der Waals surface area contributed by atoms with Crippen LogP contribution in [0.4, 0.5) is 0 Å². The Morgan fingerprint density at radius 2 is 1.30 bits per heavy atom. The first kappa shape index (κ1) is 7.82. The third kappa shape index (κ3) is 2.19. The van der Waals surface area contributed by atoms with Crippen LogP contribution in [0, 0.1) is 0 Å². The highest BCUT2D eigenvalue weighted by atomic mass is 16.7. The highest BCUT2D eigenvalue weighted by Crippen LogP contribution is 2.37. The Morgan fingerprint density at radius 3 is 1.96 bits per heavy atom. The molecule has 3 aromatic carbocycles. The standard InChI is InChI=1S/C20H21BO2/c1-19(2)20(3,4)23-21(22-19)18-13-14-9-5-6-10-15(14)16-11-7-8-12-17(16)18/h5-13H,1-4H3/i5D,6D,7D,8D,9D,10D,11D,12D,13D. The Bertz CT molecular complexity index is 1320. The van der Waals surface area contributed by atoms with Crippen molar-refractivity contribution in [2.75, 3.05) is 0 Å². The SMILES string of the molecule is [2H]c1c([2H])c([2H])c2c(c1[2H])c([2H])c(B1OC(C)(C)C(C)(C)O1)c1c([2H])c([2H])c([2H])c([2H])c12. The molecular formula is C20H21BO2. The molecule has 0 aliphatic carbocycles. The molecule has 23 heavy (non-hydrogen) atoms. The normalized spacial score (nSPS) is 25.0. The monoisotopic (exact) mass is 313 g/mol. The number of hydrogen-bond donors (Lipinski definition) is 0. The molecule has 116 valence electrons. The van der Waals surface area contributed by atoms with E-state index in [1.165, 1.54) is 0 Å². The molecule has 0 saturated carbocycles. The van der Waals surface area contributed by atoms with Gasteiger partial charge in [0.1, 0.15) is 0 Å². The van der Waals surface area contributed by atoms with Crippen LogP contribution in [0.15, 0.2) is 54.4 Å². The van der Waals surface area contributed by atoms with Gasteiger partial charge in [-0.25, -0.2) is 0 Å². The molecule has 1 aliphatic heterocycles. The van der Waals surface area contributed by atoms with Crippen molar-refractivity contribution in [2.45, 2.75) is 38.9 Å². The fourth-order valence-electron chi connectivity index (χ4n) is 2.63. The van der Waals surface area contributed by atoms with Crippen molar-refractivity contribution in [3.8, 4) is 0 Å². The van der Waals surface area contributed by atoms with E-state index < -0.39 is 66.7 Å². The molecule has 0 aromatic heterocycles. The lowest BCUT2D eigenvalue weighted by atomic mass is 9.75. The van der Waals surface area contributed by atoms with Crippen molar-refractivity contribution in [2.24, 2.45) is 0 Å². The van der Waals surface area contributed by atoms with Crippen molar-refractivity contribution < 1.29 is 21.6 Å². The summed E-state index contributed by atoms with van der Waals surface area (Å²) in [6, 6.07) is -4.24. The Hall–Kier alpha value is -1.84. The van der Waals surface area contributed by atoms with E-state index in [-0.39, 0.29) is 33.1 Å². The van der Waals surface area contributed by atoms with Crippen LogP contribution in [0.25, 0.3) is 21.5 Å². The minimum absolute atomic E-state index is 0.0168. The van der Waals surface area contributed by atoms with Crippen molar-refractivity contribution in [3.05, 3.63) is 54.4 Å². The van der Waals surface area contributed by atoms with Gasteiger partial charge >= 0.3 is 7.12 Å². The number of benzene rings is 3. The van der Waals surface area contributed by atoms with Crippen molar-refractivity contribution >= 4 is 34.1 Å². The van der Waals surface area contributed by atoms with Gasteiger partial charge in [0.05, 0.1) is 23.5 Å². The van der Waals surface area contributed by atoms with E-state index in [9.17, 15) is 0 Å². The van der Waals surface area contributed by atoms with Gasteiger partial charge in [-0.05, 0) is 54.7 Å². The first-order valence-electron chi connectivity index (χ1n) is 11.9. The van der Waals surface area contributed by atoms with Gasteiger partial charge in [-0.2, -0.15) is 0 Å². The van der Waals surface area contributed by atoms with E-state index >= 15 is 0 Å². The van der Waals surface area contributed by atoms with E-state index in [4.69, 9.17) is 21.6 Å². The van der Waals surface area contributed by atoms with Gasteiger partial charge < -0.3 is 9.31 Å². The van der Waals surface area contributed by atoms with E-state index in [0.717, 1.165) is 0 Å². The molecule has 0 N–H and O–H groups in total. The van der Waals surface area contributed by atoms with Crippen LogP contribution < -0.4 is 5.46 Å². The fraction of sp³-hybridized carbons (Fsp3) is 0.300. The van der Waals surface area contributed by atoms with E-state index in [2.05, 4.69) is 0 Å². The Labute approximate surface area is 150 Å². The maximum Gasteiger partial charge on any atom is 0.495 e. The van der Waals surface area contributed by atoms with Crippen molar-refractivity contribution in [3.63, 3.8) is 0 Å². The highest BCUT2D eigenvalue weighted by molar-refractivity contribution is 6.65. The molecule has 2 nitrogen and oxygen atoms in total. The van der Waals surface area contributed by atoms with Gasteiger partial charge in [0.15, 0.2) is 0 Å². The summed E-state index contributed by atoms with van der Waals surface area (Å²) in [6.45, 7) is 7.23. The smallest absolute Gasteiger partial charge is 0.399 e. The highest BCUT2D eigenvalue weighted by Gasteiger charge is 2.52. The largest absolute Gasteiger partial charge is 0.495 e. The second-order valence-corrected chi connectivity index (χ2v) is 6.63. The summed E-state index contributed by atoms with van der Waals surface area (Å²) in [7, 11) is -1.17. The van der Waals surface area contributed by atoms with Crippen LogP contribution in [0.1, 0.15) is 40.0 Å². The van der Waals surface area contributed by atoms with Crippen LogP contribution in [-0.2, 0) is 9.31 Å². The quantitative estimate of drug-likeness (QED) is 0.493. The summed E-state index contributed by atoms with van der Waals surface area (Å²) in [5.74, 6) is 0. The van der Waals surface area contributed by atoms with Crippen molar-refractivity contribution in [1.29, 1.82) is 0 Å². The summed E-state index contributed by atoms with van der Waals surface area (Å²) in [6.07, 6.45) is 0. The van der Waals surface area contributed by atoms with Crippen molar-refractivity contribution in [1.82, 2.24) is 0 Å². The summed E-state index contributed by atoms with van der Waals surface area (Å²) in [4.78, 5) is 0. The first-order valence-corrected chi connectivity index (χ1v) is 7.42. The predicted molar refractivity (Wildman–Crippen MR) is 97.2 cm³/mol. The zero-order valence-electron chi connectivity index (χ0n) is 22.4. The van der Waals surface area contributed by atoms with Crippen LogP contribution in [-0.4, -0.2) is 18.3 Å². The van der Waals surface area contributed by atoms with Gasteiger partial charge in [-0.15, -0.1) is 0 Å². The average molecular weight is 313 g/mol. The van der Waals surface area contributed by atoms with Crippen LogP contribution in [0.3, 0.4) is 0 Å². The van der Waals surface area contributed by atoms with E-state index in [1.807, 2.05) is 0 Å². The minimum Gasteiger partial charge on any atom is -0.399 e. The molecule has 4 rings (SSSR count). The molecule has 1 fully saturated rings. The summed E-state index contributed by atoms with van der Waals surface area (Å²) in [5.41, 5.74) is -1.58. The lowest BCUT2D eigenvalue weighted by Gasteiger charge is -2.32. The molecule has 0 bridgehead atoms. The zero-order valence-corrected chi connectivity index (χ0v) is 13.4. The number of fused-ring (bicyclic) bond motifs is 3. The van der Waals surface area contributed by atoms with Gasteiger partial charge in [-0.1, -0.05) is 54.4 Å². The third-order valence-corrected chi connectivity index (χ3v) is 4.64. The summed E-state index contributed by atoms with van der Waals surface area (Å²) in [5, 5.41) is -0.391. The Kier molecular flexibility index (Phi) is 1.64. The van der Waals surface area contributed by atoms with Gasteiger partial charge in [0.2, 0.25) is 0 Å². The number of rotatable bonds is 1. The second-order valence-electron chi connectivity index (χ2n) is 6.63. The maximum atomic E-state index is 8.88. The lowest BCUT2D eigenvalue weighted by molar-refractivity contribution is 0.00578. The fourth-order valence-corrected chi connectivity index (χ4v) is 2.63. The van der Waals surface area contributed by atoms with Gasteiger partial charge in [0, 0.05) is 0 Å². The molecule has 1 aliphatic rings. The average Bonchev–Trinajstić information content (AvgIpc) is 2.92.